The Morgan fingerprint density at radius 2 is 1.82 bits per heavy atom. The molecule has 0 radical (unpaired) electrons. The highest BCUT2D eigenvalue weighted by molar-refractivity contribution is 7.92. The summed E-state index contributed by atoms with van der Waals surface area (Å²) < 4.78 is 106. The van der Waals surface area contributed by atoms with Crippen LogP contribution in [0.2, 0.25) is 0 Å². The third-order valence-corrected chi connectivity index (χ3v) is 7.45. The van der Waals surface area contributed by atoms with Gasteiger partial charge in [0.1, 0.15) is 17.4 Å². The summed E-state index contributed by atoms with van der Waals surface area (Å²) in [5.74, 6) is -0.606. The number of aromatic nitrogens is 2. The molecular weight excluding hydrogens is 541 g/mol. The fraction of sp³-hybridized carbons (Fsp3) is 0.414. The van der Waals surface area contributed by atoms with Crippen LogP contribution in [0.3, 0.4) is 0 Å². The molecule has 1 N–H and O–H groups in total. The Morgan fingerprint density at radius 3 is 2.60 bits per heavy atom. The number of sulfonamides is 1. The number of anilines is 2. The molecule has 3 heterocycles. The van der Waals surface area contributed by atoms with E-state index < -0.39 is 64.0 Å². The second kappa shape index (κ2) is 12.8. The summed E-state index contributed by atoms with van der Waals surface area (Å²) in [6.45, 7) is 0.283. The van der Waals surface area contributed by atoms with Gasteiger partial charge in [0.25, 0.3) is 10.0 Å². The summed E-state index contributed by atoms with van der Waals surface area (Å²) in [5, 5.41) is -0.478. The molecule has 0 saturated heterocycles. The second-order valence-electron chi connectivity index (χ2n) is 9.35. The average Bonchev–Trinajstić information content (AvgIpc) is 2.96. The van der Waals surface area contributed by atoms with Gasteiger partial charge in [0, 0.05) is 30.5 Å². The topological polar surface area (TPSA) is 92.3 Å². The minimum absolute atomic E-state index is 0.0213. The van der Waals surface area contributed by atoms with E-state index in [9.17, 15) is 26.4 Å². The van der Waals surface area contributed by atoms with E-state index in [-0.39, 0.29) is 42.1 Å². The van der Waals surface area contributed by atoms with Crippen LogP contribution >= 0.6 is 0 Å². The van der Waals surface area contributed by atoms with E-state index in [0.29, 0.717) is 25.3 Å². The van der Waals surface area contributed by atoms with Gasteiger partial charge in [0.15, 0.2) is 5.03 Å². The smallest absolute Gasteiger partial charge is 0.357 e. The van der Waals surface area contributed by atoms with Crippen LogP contribution in [0.5, 0.6) is 0 Å². The summed E-state index contributed by atoms with van der Waals surface area (Å²) in [4.78, 5) is 21.4. The van der Waals surface area contributed by atoms with Crippen molar-refractivity contribution in [1.29, 1.82) is 0 Å². The van der Waals surface area contributed by atoms with Crippen molar-refractivity contribution in [2.45, 2.75) is 69.4 Å². The number of benzene rings is 1. The first-order valence-corrected chi connectivity index (χ1v) is 14.3. The molecule has 0 fully saturated rings. The number of halogens is 3. The Labute approximate surface area is 238 Å². The van der Waals surface area contributed by atoms with Crippen LogP contribution in [-0.4, -0.2) is 37.2 Å². The van der Waals surface area contributed by atoms with Crippen molar-refractivity contribution in [1.82, 2.24) is 9.97 Å². The molecule has 4 rings (SSSR count). The van der Waals surface area contributed by atoms with Crippen LogP contribution in [0.15, 0.2) is 59.6 Å². The SMILES string of the molecule is [2H]C1CCCCCN(C([2H])C([2H])CC(C)=O)c2cccc(n2)S(=O)(=O)Nc2ccc(C(F)(F)F)c(n2)-c2ccccc2C1[2H]. The summed E-state index contributed by atoms with van der Waals surface area (Å²) in [6, 6.07) is 11.6. The number of hydrogen-bond acceptors (Lipinski definition) is 6. The molecule has 3 aromatic rings. The number of aryl methyl sites for hydroxylation is 1. The van der Waals surface area contributed by atoms with E-state index in [1.807, 2.05) is 0 Å². The Bertz CT molecular complexity index is 1600. The van der Waals surface area contributed by atoms with Gasteiger partial charge in [-0.2, -0.15) is 21.6 Å². The van der Waals surface area contributed by atoms with Crippen LogP contribution in [0.25, 0.3) is 11.3 Å². The van der Waals surface area contributed by atoms with Crippen LogP contribution in [0.4, 0.5) is 24.8 Å². The van der Waals surface area contributed by atoms with Crippen LogP contribution in [0.1, 0.15) is 68.4 Å². The molecule has 1 aliphatic rings. The molecule has 214 valence electrons. The minimum atomic E-state index is -4.84. The van der Waals surface area contributed by atoms with Gasteiger partial charge in [-0.15, -0.1) is 0 Å². The first kappa shape index (κ1) is 24.3. The van der Waals surface area contributed by atoms with Gasteiger partial charge < -0.3 is 9.69 Å². The zero-order valence-electron chi connectivity index (χ0n) is 25.9. The van der Waals surface area contributed by atoms with Gasteiger partial charge in [-0.3, -0.25) is 4.72 Å². The van der Waals surface area contributed by atoms with E-state index >= 15 is 0 Å². The number of carbonyl (C=O) groups is 1. The maximum Gasteiger partial charge on any atom is 0.418 e. The van der Waals surface area contributed by atoms with Gasteiger partial charge in [-0.05, 0) is 62.4 Å². The van der Waals surface area contributed by atoms with E-state index in [1.54, 1.807) is 6.07 Å². The lowest BCUT2D eigenvalue weighted by molar-refractivity contribution is -0.137. The highest BCUT2D eigenvalue weighted by Crippen LogP contribution is 2.38. The van der Waals surface area contributed by atoms with Gasteiger partial charge in [-0.1, -0.05) is 49.6 Å². The number of nitrogens with one attached hydrogen (secondary N) is 1. The number of ketones is 1. The molecule has 7 nitrogen and oxygen atoms in total. The van der Waals surface area contributed by atoms with Crippen molar-refractivity contribution in [3.05, 3.63) is 65.7 Å². The number of rotatable bonds is 4. The van der Waals surface area contributed by atoms with Crippen molar-refractivity contribution in [2.24, 2.45) is 0 Å². The lowest BCUT2D eigenvalue weighted by atomic mass is 9.96. The molecule has 1 aromatic carbocycles. The summed E-state index contributed by atoms with van der Waals surface area (Å²) in [7, 11) is -4.49. The molecule has 1 aliphatic heterocycles. The molecular formula is C29H33F3N4O3S. The molecule has 4 unspecified atom stereocenters. The van der Waals surface area contributed by atoms with Crippen LogP contribution < -0.4 is 9.62 Å². The van der Waals surface area contributed by atoms with Crippen LogP contribution in [-0.2, 0) is 27.4 Å². The molecule has 11 heteroatoms. The Morgan fingerprint density at radius 1 is 1.05 bits per heavy atom. The summed E-state index contributed by atoms with van der Waals surface area (Å²) in [6.07, 6.45) is -6.51. The van der Waals surface area contributed by atoms with Gasteiger partial charge in [-0.25, -0.2) is 9.97 Å². The van der Waals surface area contributed by atoms with Crippen LogP contribution in [0, 0.1) is 0 Å². The third kappa shape index (κ3) is 7.59. The number of pyridine rings is 2. The molecule has 0 amide bonds. The lowest BCUT2D eigenvalue weighted by Gasteiger charge is -2.24. The molecule has 0 spiro atoms. The van der Waals surface area contributed by atoms with Gasteiger partial charge in [0.2, 0.25) is 0 Å². The molecule has 40 heavy (non-hydrogen) atoms. The second-order valence-corrected chi connectivity index (χ2v) is 11.0. The largest absolute Gasteiger partial charge is 0.418 e. The number of fused-ring (bicyclic) bond motifs is 6. The van der Waals surface area contributed by atoms with Crippen molar-refractivity contribution in [3.63, 3.8) is 0 Å². The fourth-order valence-electron chi connectivity index (χ4n) is 4.25. The zero-order valence-corrected chi connectivity index (χ0v) is 22.7. The van der Waals surface area contributed by atoms with E-state index in [2.05, 4.69) is 14.7 Å². The molecule has 4 atom stereocenters. The first-order chi connectivity index (χ1) is 20.7. The van der Waals surface area contributed by atoms with Gasteiger partial charge >= 0.3 is 6.18 Å². The standard InChI is InChI=1S/C29H33F3N4O3S/c1-21(37)11-10-20-36-19-8-4-2-3-5-12-22-13-6-7-14-23(22)28-24(29(30,31)32)17-18-25(33-28)35-40(38,39)27-16-9-15-26(36)34-27/h6-7,9,13-18H,2-5,8,10-12,19-20H2,1H3,(H,33,35)/i5D,10D,12D,20D. The van der Waals surface area contributed by atoms with Crippen molar-refractivity contribution < 1.29 is 31.9 Å². The predicted molar refractivity (Wildman–Crippen MR) is 149 cm³/mol. The summed E-state index contributed by atoms with van der Waals surface area (Å²) >= 11 is 0. The van der Waals surface area contributed by atoms with Crippen molar-refractivity contribution >= 4 is 27.4 Å². The first-order valence-electron chi connectivity index (χ1n) is 15.1. The Balaban J connectivity index is 1.84. The third-order valence-electron chi connectivity index (χ3n) is 6.19. The van der Waals surface area contributed by atoms with Crippen molar-refractivity contribution in [3.8, 4) is 11.3 Å². The quantitative estimate of drug-likeness (QED) is 0.373. The molecule has 0 aliphatic carbocycles. The van der Waals surface area contributed by atoms with E-state index in [0.717, 1.165) is 6.07 Å². The Hall–Kier alpha value is -3.47. The lowest BCUT2D eigenvalue weighted by Crippen LogP contribution is -2.28. The normalized spacial score (nSPS) is 22.9. The van der Waals surface area contributed by atoms with Crippen molar-refractivity contribution in [2.75, 3.05) is 22.7 Å². The monoisotopic (exact) mass is 578 g/mol. The summed E-state index contributed by atoms with van der Waals surface area (Å²) in [5.41, 5.74) is -1.55. The minimum Gasteiger partial charge on any atom is -0.357 e. The maximum absolute atomic E-state index is 14.1. The predicted octanol–water partition coefficient (Wildman–Crippen LogP) is 6.65. The molecule has 4 bridgehead atoms. The fourth-order valence-corrected chi connectivity index (χ4v) is 5.22. The molecule has 0 saturated carbocycles. The highest BCUT2D eigenvalue weighted by Gasteiger charge is 2.35. The zero-order chi connectivity index (χ0) is 32.2. The number of nitrogens with zero attached hydrogens (tertiary/aromatic N) is 3. The number of alkyl halides is 3. The highest BCUT2D eigenvalue weighted by atomic mass is 32.2. The maximum atomic E-state index is 14.1. The number of Topliss-reactive ketones (excluding diaryl/α,β-unsaturated/α-hetero) is 1. The number of carbonyl (C=O) groups excluding carboxylic acids is 1. The van der Waals surface area contributed by atoms with E-state index in [4.69, 9.17) is 5.48 Å². The average molecular weight is 579 g/mol. The van der Waals surface area contributed by atoms with Gasteiger partial charge in [0.05, 0.1) is 11.3 Å². The Kier molecular flexibility index (Phi) is 7.79. The number of hydrogen-bond donors (Lipinski definition) is 1. The molecule has 2 aromatic heterocycles. The van der Waals surface area contributed by atoms with E-state index in [1.165, 1.54) is 48.2 Å².